The number of hydrogen-bond acceptors (Lipinski definition) is 6. The minimum absolute atomic E-state index is 0.271. The van der Waals surface area contributed by atoms with Crippen LogP contribution in [0.5, 0.6) is 11.5 Å². The van der Waals surface area contributed by atoms with Gasteiger partial charge in [-0.25, -0.2) is 9.96 Å². The molecule has 0 spiro atoms. The maximum atomic E-state index is 13.9. The third-order valence-corrected chi connectivity index (χ3v) is 6.55. The second kappa shape index (κ2) is 10.0. The second-order valence-electron chi connectivity index (χ2n) is 8.94. The van der Waals surface area contributed by atoms with Crippen molar-refractivity contribution in [3.63, 3.8) is 0 Å². The third-order valence-electron chi connectivity index (χ3n) is 6.55. The third kappa shape index (κ3) is 4.09. The summed E-state index contributed by atoms with van der Waals surface area (Å²) in [4.78, 5) is 35.0. The van der Waals surface area contributed by atoms with Crippen LogP contribution in [-0.4, -0.2) is 31.1 Å². The van der Waals surface area contributed by atoms with E-state index in [1.807, 2.05) is 87.5 Å². The first-order valence-electron chi connectivity index (χ1n) is 12.4. The Bertz CT molecular complexity index is 1260. The molecular weight excluding hydrogens is 456 g/mol. The fraction of sp³-hybridized carbons (Fsp3) is 0.310. The number of para-hydroxylation sites is 2. The Morgan fingerprint density at radius 3 is 2.33 bits per heavy atom. The molecule has 3 atom stereocenters. The number of aryl methyl sites for hydroxylation is 1. The molecule has 2 amide bonds. The number of anilines is 2. The number of imide groups is 1. The minimum atomic E-state index is -0.922. The summed E-state index contributed by atoms with van der Waals surface area (Å²) in [6.45, 7) is 6.90. The molecule has 2 fully saturated rings. The zero-order valence-electron chi connectivity index (χ0n) is 20.7. The molecule has 0 aromatic heterocycles. The zero-order chi connectivity index (χ0) is 25.2. The van der Waals surface area contributed by atoms with Gasteiger partial charge in [0.1, 0.15) is 5.92 Å². The van der Waals surface area contributed by atoms with Crippen LogP contribution < -0.4 is 19.4 Å². The molecule has 7 heteroatoms. The highest BCUT2D eigenvalue weighted by atomic mass is 16.7. The lowest BCUT2D eigenvalue weighted by Gasteiger charge is -2.29. The summed E-state index contributed by atoms with van der Waals surface area (Å²) in [6, 6.07) is 22.1. The molecule has 5 rings (SSSR count). The lowest BCUT2D eigenvalue weighted by molar-refractivity contribution is -0.126. The molecule has 2 aliphatic heterocycles. The van der Waals surface area contributed by atoms with Crippen LogP contribution in [0.2, 0.25) is 0 Å². The molecule has 0 saturated carbocycles. The van der Waals surface area contributed by atoms with Crippen LogP contribution in [0.4, 0.5) is 11.4 Å². The van der Waals surface area contributed by atoms with Gasteiger partial charge in [0.2, 0.25) is 5.91 Å². The molecule has 0 unspecified atom stereocenters. The predicted octanol–water partition coefficient (Wildman–Crippen LogP) is 5.23. The molecular formula is C29H30N2O5. The number of nitrogens with zero attached hydrogens (tertiary/aromatic N) is 2. The number of carbonyl (C=O) groups is 2. The lowest BCUT2D eigenvalue weighted by atomic mass is 9.90. The van der Waals surface area contributed by atoms with E-state index in [1.165, 1.54) is 4.90 Å². The van der Waals surface area contributed by atoms with E-state index in [-0.39, 0.29) is 11.8 Å². The number of carbonyl (C=O) groups excluding carboxylic acids is 2. The van der Waals surface area contributed by atoms with Crippen LogP contribution in [0.15, 0.2) is 72.8 Å². The van der Waals surface area contributed by atoms with Gasteiger partial charge in [0.15, 0.2) is 17.6 Å². The van der Waals surface area contributed by atoms with Crippen LogP contribution in [-0.2, 0) is 14.4 Å². The van der Waals surface area contributed by atoms with Crippen molar-refractivity contribution in [1.82, 2.24) is 0 Å². The Kier molecular flexibility index (Phi) is 6.65. The molecule has 36 heavy (non-hydrogen) atoms. The van der Waals surface area contributed by atoms with Crippen molar-refractivity contribution in [3.8, 4) is 11.5 Å². The maximum absolute atomic E-state index is 13.9. The fourth-order valence-electron chi connectivity index (χ4n) is 4.91. The van der Waals surface area contributed by atoms with E-state index >= 15 is 0 Å². The standard InChI is InChI=1S/C29H30N2O5/c1-4-17-35-23-16-15-20(18-24(23)34-5-2)26-25-27(36-31(26)21-12-7-6-8-13-21)29(33)30(28(25)32)22-14-10-9-11-19(22)3/h6-16,18,25-27H,4-5,17H2,1-3H3/t25-,26-,27+/m1/s1. The van der Waals surface area contributed by atoms with Crippen molar-refractivity contribution in [2.45, 2.75) is 39.3 Å². The SMILES string of the molecule is CCCOc1ccc([C@@H]2[C@H]3C(=O)N(c4ccccc4C)C(=O)[C@H]3ON2c2ccccc2)cc1OCC. The van der Waals surface area contributed by atoms with Gasteiger partial charge < -0.3 is 9.47 Å². The highest BCUT2D eigenvalue weighted by Gasteiger charge is 2.60. The molecule has 3 aromatic rings. The van der Waals surface area contributed by atoms with Crippen LogP contribution in [0.1, 0.15) is 37.4 Å². The molecule has 7 nitrogen and oxygen atoms in total. The molecule has 186 valence electrons. The first-order valence-corrected chi connectivity index (χ1v) is 12.4. The maximum Gasteiger partial charge on any atom is 0.266 e. The van der Waals surface area contributed by atoms with Gasteiger partial charge in [-0.1, -0.05) is 49.4 Å². The zero-order valence-corrected chi connectivity index (χ0v) is 20.7. The van der Waals surface area contributed by atoms with Crippen molar-refractivity contribution < 1.29 is 23.9 Å². The first kappa shape index (κ1) is 23.9. The number of rotatable bonds is 8. The van der Waals surface area contributed by atoms with Gasteiger partial charge in [0.05, 0.1) is 30.6 Å². The quantitative estimate of drug-likeness (QED) is 0.406. The number of hydroxylamine groups is 1. The monoisotopic (exact) mass is 486 g/mol. The van der Waals surface area contributed by atoms with Gasteiger partial charge in [-0.05, 0) is 61.7 Å². The second-order valence-corrected chi connectivity index (χ2v) is 8.94. The molecule has 0 radical (unpaired) electrons. The van der Waals surface area contributed by atoms with Gasteiger partial charge in [0.25, 0.3) is 5.91 Å². The molecule has 2 aliphatic rings. The molecule has 0 N–H and O–H groups in total. The highest BCUT2D eigenvalue weighted by Crippen LogP contribution is 2.49. The first-order chi connectivity index (χ1) is 17.5. The van der Waals surface area contributed by atoms with E-state index in [4.69, 9.17) is 14.3 Å². The van der Waals surface area contributed by atoms with Crippen LogP contribution in [0.25, 0.3) is 0 Å². The topological polar surface area (TPSA) is 68.3 Å². The normalized spacial score (nSPS) is 21.1. The summed E-state index contributed by atoms with van der Waals surface area (Å²) < 4.78 is 11.8. The highest BCUT2D eigenvalue weighted by molar-refractivity contribution is 6.24. The van der Waals surface area contributed by atoms with Crippen LogP contribution in [0, 0.1) is 12.8 Å². The fourth-order valence-corrected chi connectivity index (χ4v) is 4.91. The molecule has 0 bridgehead atoms. The summed E-state index contributed by atoms with van der Waals surface area (Å²) in [5.74, 6) is -0.0798. The summed E-state index contributed by atoms with van der Waals surface area (Å²) in [6.07, 6.45) is -0.0467. The number of ether oxygens (including phenoxy) is 2. The van der Waals surface area contributed by atoms with Crippen molar-refractivity contribution in [2.75, 3.05) is 23.2 Å². The summed E-state index contributed by atoms with van der Waals surface area (Å²) in [5, 5.41) is 1.69. The molecule has 0 aliphatic carbocycles. The molecule has 3 aromatic carbocycles. The Balaban J connectivity index is 1.59. The number of hydrogen-bond donors (Lipinski definition) is 0. The van der Waals surface area contributed by atoms with Gasteiger partial charge in [-0.3, -0.25) is 14.4 Å². The van der Waals surface area contributed by atoms with Gasteiger partial charge >= 0.3 is 0 Å². The van der Waals surface area contributed by atoms with E-state index in [2.05, 4.69) is 0 Å². The van der Waals surface area contributed by atoms with Gasteiger partial charge in [0, 0.05) is 0 Å². The van der Waals surface area contributed by atoms with Crippen LogP contribution >= 0.6 is 0 Å². The lowest BCUT2D eigenvalue weighted by Crippen LogP contribution is -2.37. The van der Waals surface area contributed by atoms with E-state index in [0.29, 0.717) is 30.4 Å². The number of amides is 2. The van der Waals surface area contributed by atoms with Gasteiger partial charge in [-0.15, -0.1) is 0 Å². The summed E-state index contributed by atoms with van der Waals surface area (Å²) >= 11 is 0. The Morgan fingerprint density at radius 2 is 1.61 bits per heavy atom. The van der Waals surface area contributed by atoms with Crippen molar-refractivity contribution in [2.24, 2.45) is 5.92 Å². The number of benzene rings is 3. The van der Waals surface area contributed by atoms with Gasteiger partial charge in [-0.2, -0.15) is 0 Å². The Morgan fingerprint density at radius 1 is 0.861 bits per heavy atom. The van der Waals surface area contributed by atoms with Crippen molar-refractivity contribution in [3.05, 3.63) is 83.9 Å². The minimum Gasteiger partial charge on any atom is -0.490 e. The van der Waals surface area contributed by atoms with E-state index < -0.39 is 18.1 Å². The Labute approximate surface area is 211 Å². The van der Waals surface area contributed by atoms with E-state index in [1.54, 1.807) is 11.1 Å². The van der Waals surface area contributed by atoms with Crippen LogP contribution in [0.3, 0.4) is 0 Å². The Hall–Kier alpha value is -3.84. The average Bonchev–Trinajstić information content (AvgIpc) is 3.40. The number of fused-ring (bicyclic) bond motifs is 1. The van der Waals surface area contributed by atoms with E-state index in [9.17, 15) is 9.59 Å². The molecule has 2 saturated heterocycles. The predicted molar refractivity (Wildman–Crippen MR) is 137 cm³/mol. The smallest absolute Gasteiger partial charge is 0.266 e. The van der Waals surface area contributed by atoms with Crippen molar-refractivity contribution >= 4 is 23.2 Å². The summed E-state index contributed by atoms with van der Waals surface area (Å²) in [7, 11) is 0. The summed E-state index contributed by atoms with van der Waals surface area (Å²) in [5.41, 5.74) is 3.02. The van der Waals surface area contributed by atoms with E-state index in [0.717, 1.165) is 23.2 Å². The van der Waals surface area contributed by atoms with Crippen molar-refractivity contribution in [1.29, 1.82) is 0 Å². The molecule has 2 heterocycles. The largest absolute Gasteiger partial charge is 0.490 e. The average molecular weight is 487 g/mol.